The number of nitrogens with zero attached hydrogens (tertiary/aromatic N) is 2. The van der Waals surface area contributed by atoms with Gasteiger partial charge in [0.2, 0.25) is 0 Å². The van der Waals surface area contributed by atoms with E-state index in [1.54, 1.807) is 7.11 Å². The Kier molecular flexibility index (Phi) is 6.98. The maximum Gasteiger partial charge on any atom is 0.128 e. The fourth-order valence-electron chi connectivity index (χ4n) is 2.92. The summed E-state index contributed by atoms with van der Waals surface area (Å²) in [6.07, 6.45) is 1.90. The SMILES string of the molecule is COc1c(C)cnc(CN2CCNc3ccccc32)c1C.Cl.Cl. The monoisotopic (exact) mass is 355 g/mol. The van der Waals surface area contributed by atoms with Crippen LogP contribution in [0, 0.1) is 13.8 Å². The zero-order valence-corrected chi connectivity index (χ0v) is 15.3. The van der Waals surface area contributed by atoms with Crippen LogP contribution in [0.2, 0.25) is 0 Å². The average molecular weight is 356 g/mol. The minimum atomic E-state index is 0. The van der Waals surface area contributed by atoms with Crippen LogP contribution in [0.4, 0.5) is 11.4 Å². The number of methoxy groups -OCH3 is 1. The summed E-state index contributed by atoms with van der Waals surface area (Å²) >= 11 is 0. The molecule has 126 valence electrons. The molecule has 0 bridgehead atoms. The predicted molar refractivity (Wildman–Crippen MR) is 101 cm³/mol. The Morgan fingerprint density at radius 3 is 2.70 bits per heavy atom. The Hall–Kier alpha value is -1.65. The molecule has 6 heteroatoms. The fourth-order valence-corrected chi connectivity index (χ4v) is 2.92. The lowest BCUT2D eigenvalue weighted by Crippen LogP contribution is -2.33. The molecule has 0 saturated heterocycles. The molecule has 2 heterocycles. The molecule has 0 radical (unpaired) electrons. The molecule has 1 aliphatic rings. The van der Waals surface area contributed by atoms with E-state index in [1.807, 2.05) is 13.1 Å². The number of pyridine rings is 1. The van der Waals surface area contributed by atoms with Gasteiger partial charge in [-0.2, -0.15) is 0 Å². The quantitative estimate of drug-likeness (QED) is 0.903. The number of ether oxygens (including phenoxy) is 1. The van der Waals surface area contributed by atoms with Crippen LogP contribution in [0.25, 0.3) is 0 Å². The molecule has 3 rings (SSSR count). The highest BCUT2D eigenvalue weighted by Gasteiger charge is 2.18. The Morgan fingerprint density at radius 1 is 1.22 bits per heavy atom. The topological polar surface area (TPSA) is 37.4 Å². The number of aryl methyl sites for hydroxylation is 1. The molecule has 0 unspecified atom stereocenters. The Bertz CT molecular complexity index is 664. The fraction of sp³-hybridized carbons (Fsp3) is 0.353. The van der Waals surface area contributed by atoms with Crippen LogP contribution < -0.4 is 15.0 Å². The maximum atomic E-state index is 5.50. The van der Waals surface area contributed by atoms with Gasteiger partial charge in [0.1, 0.15) is 5.75 Å². The number of benzene rings is 1. The molecule has 1 aromatic heterocycles. The van der Waals surface area contributed by atoms with Crippen LogP contribution in [0.3, 0.4) is 0 Å². The predicted octanol–water partition coefficient (Wildman–Crippen LogP) is 3.98. The molecule has 1 aromatic carbocycles. The molecule has 1 aliphatic heterocycles. The number of hydrogen-bond acceptors (Lipinski definition) is 4. The number of rotatable bonds is 3. The summed E-state index contributed by atoms with van der Waals surface area (Å²) in [6, 6.07) is 8.42. The van der Waals surface area contributed by atoms with Crippen molar-refractivity contribution in [2.45, 2.75) is 20.4 Å². The second-order valence-corrected chi connectivity index (χ2v) is 5.41. The first-order valence-electron chi connectivity index (χ1n) is 7.27. The van der Waals surface area contributed by atoms with E-state index < -0.39 is 0 Å². The Morgan fingerprint density at radius 2 is 1.96 bits per heavy atom. The number of hydrogen-bond donors (Lipinski definition) is 1. The van der Waals surface area contributed by atoms with Crippen molar-refractivity contribution in [2.24, 2.45) is 0 Å². The molecule has 2 aromatic rings. The molecule has 0 saturated carbocycles. The van der Waals surface area contributed by atoms with Crippen LogP contribution in [-0.2, 0) is 6.54 Å². The van der Waals surface area contributed by atoms with Gasteiger partial charge in [-0.05, 0) is 26.0 Å². The van der Waals surface area contributed by atoms with Gasteiger partial charge >= 0.3 is 0 Å². The van der Waals surface area contributed by atoms with Crippen molar-refractivity contribution in [1.29, 1.82) is 0 Å². The average Bonchev–Trinajstić information content (AvgIpc) is 2.51. The van der Waals surface area contributed by atoms with Crippen LogP contribution in [-0.4, -0.2) is 25.2 Å². The molecule has 1 N–H and O–H groups in total. The van der Waals surface area contributed by atoms with Crippen LogP contribution in [0.15, 0.2) is 30.5 Å². The van der Waals surface area contributed by atoms with E-state index in [-0.39, 0.29) is 24.8 Å². The zero-order chi connectivity index (χ0) is 14.8. The van der Waals surface area contributed by atoms with Gasteiger partial charge in [0, 0.05) is 30.4 Å². The van der Waals surface area contributed by atoms with Gasteiger partial charge in [-0.25, -0.2) is 0 Å². The number of anilines is 2. The van der Waals surface area contributed by atoms with Crippen molar-refractivity contribution in [3.8, 4) is 5.75 Å². The molecule has 0 fully saturated rings. The van der Waals surface area contributed by atoms with E-state index >= 15 is 0 Å². The number of halogens is 2. The largest absolute Gasteiger partial charge is 0.496 e. The normalized spacial score (nSPS) is 12.4. The van der Waals surface area contributed by atoms with Crippen molar-refractivity contribution in [3.63, 3.8) is 0 Å². The van der Waals surface area contributed by atoms with E-state index in [9.17, 15) is 0 Å². The first-order chi connectivity index (χ1) is 10.2. The molecular weight excluding hydrogens is 333 g/mol. The minimum absolute atomic E-state index is 0. The lowest BCUT2D eigenvalue weighted by Gasteiger charge is -2.32. The third kappa shape index (κ3) is 3.82. The van der Waals surface area contributed by atoms with Gasteiger partial charge < -0.3 is 15.0 Å². The van der Waals surface area contributed by atoms with Gasteiger partial charge in [0.15, 0.2) is 0 Å². The summed E-state index contributed by atoms with van der Waals surface area (Å²) in [7, 11) is 1.72. The highest BCUT2D eigenvalue weighted by atomic mass is 35.5. The van der Waals surface area contributed by atoms with Crippen molar-refractivity contribution < 1.29 is 4.74 Å². The summed E-state index contributed by atoms with van der Waals surface area (Å²) in [4.78, 5) is 6.98. The number of fused-ring (bicyclic) bond motifs is 1. The first-order valence-corrected chi connectivity index (χ1v) is 7.27. The molecular formula is C17H23Cl2N3O. The third-order valence-electron chi connectivity index (χ3n) is 4.03. The van der Waals surface area contributed by atoms with E-state index in [4.69, 9.17) is 4.74 Å². The molecule has 23 heavy (non-hydrogen) atoms. The van der Waals surface area contributed by atoms with Gasteiger partial charge in [0.05, 0.1) is 30.7 Å². The zero-order valence-electron chi connectivity index (χ0n) is 13.6. The molecule has 4 nitrogen and oxygen atoms in total. The van der Waals surface area contributed by atoms with Gasteiger partial charge in [-0.1, -0.05) is 12.1 Å². The van der Waals surface area contributed by atoms with Crippen molar-refractivity contribution in [1.82, 2.24) is 4.98 Å². The van der Waals surface area contributed by atoms with Gasteiger partial charge in [-0.3, -0.25) is 4.98 Å². The standard InChI is InChI=1S/C17H21N3O.2ClH/c1-12-10-19-15(13(2)17(12)21-3)11-20-9-8-18-14-6-4-5-7-16(14)20;;/h4-7,10,18H,8-9,11H2,1-3H3;2*1H. The summed E-state index contributed by atoms with van der Waals surface area (Å²) in [5.41, 5.74) is 5.73. The van der Waals surface area contributed by atoms with Crippen molar-refractivity contribution in [2.75, 3.05) is 30.4 Å². The van der Waals surface area contributed by atoms with E-state index in [0.29, 0.717) is 0 Å². The van der Waals surface area contributed by atoms with E-state index in [1.165, 1.54) is 11.4 Å². The maximum absolute atomic E-state index is 5.50. The van der Waals surface area contributed by atoms with Crippen LogP contribution in [0.5, 0.6) is 5.75 Å². The third-order valence-corrected chi connectivity index (χ3v) is 4.03. The van der Waals surface area contributed by atoms with Crippen molar-refractivity contribution in [3.05, 3.63) is 47.3 Å². The van der Waals surface area contributed by atoms with Crippen molar-refractivity contribution >= 4 is 36.2 Å². The first kappa shape index (κ1) is 19.4. The molecule has 0 spiro atoms. The highest BCUT2D eigenvalue weighted by Crippen LogP contribution is 2.31. The summed E-state index contributed by atoms with van der Waals surface area (Å²) in [5.74, 6) is 0.948. The summed E-state index contributed by atoms with van der Waals surface area (Å²) in [6.45, 7) is 6.86. The second-order valence-electron chi connectivity index (χ2n) is 5.41. The number of aromatic nitrogens is 1. The second kappa shape index (κ2) is 8.27. The van der Waals surface area contributed by atoms with Gasteiger partial charge in [0.25, 0.3) is 0 Å². The van der Waals surface area contributed by atoms with E-state index in [2.05, 4.69) is 46.4 Å². The lowest BCUT2D eigenvalue weighted by molar-refractivity contribution is 0.406. The summed E-state index contributed by atoms with van der Waals surface area (Å²) in [5, 5.41) is 3.44. The number of nitrogens with one attached hydrogen (secondary N) is 1. The molecule has 0 amide bonds. The number of para-hydroxylation sites is 2. The molecule has 0 atom stereocenters. The highest BCUT2D eigenvalue weighted by molar-refractivity contribution is 5.85. The van der Waals surface area contributed by atoms with E-state index in [0.717, 1.165) is 42.2 Å². The van der Waals surface area contributed by atoms with Crippen LogP contribution >= 0.6 is 24.8 Å². The van der Waals surface area contributed by atoms with Gasteiger partial charge in [-0.15, -0.1) is 24.8 Å². The Balaban J connectivity index is 0.00000132. The van der Waals surface area contributed by atoms with Crippen LogP contribution in [0.1, 0.15) is 16.8 Å². The minimum Gasteiger partial charge on any atom is -0.496 e. The summed E-state index contributed by atoms with van der Waals surface area (Å²) < 4.78 is 5.50. The lowest BCUT2D eigenvalue weighted by atomic mass is 10.1. The smallest absolute Gasteiger partial charge is 0.128 e. The molecule has 0 aliphatic carbocycles. The Labute approximate surface area is 150 Å².